The predicted octanol–water partition coefficient (Wildman–Crippen LogP) is 1.69. The van der Waals surface area contributed by atoms with E-state index in [1.165, 1.54) is 0 Å². The summed E-state index contributed by atoms with van der Waals surface area (Å²) in [5, 5.41) is 0. The van der Waals surface area contributed by atoms with Crippen molar-refractivity contribution in [2.24, 2.45) is 0 Å². The first-order valence-electron chi connectivity index (χ1n) is 5.39. The molecule has 6 nitrogen and oxygen atoms in total. The van der Waals surface area contributed by atoms with Crippen LogP contribution in [-0.2, 0) is 0 Å². The van der Waals surface area contributed by atoms with Gasteiger partial charge in [0.15, 0.2) is 5.65 Å². The second kappa shape index (κ2) is 4.62. The largest absolute Gasteiger partial charge is 0.343 e. The zero-order valence-corrected chi connectivity index (χ0v) is 9.43. The van der Waals surface area contributed by atoms with E-state index in [9.17, 15) is 0 Å². The van der Waals surface area contributed by atoms with Crippen LogP contribution in [0.4, 0.5) is 0 Å². The molecule has 4 aromatic rings. The summed E-state index contributed by atoms with van der Waals surface area (Å²) >= 11 is 0. The summed E-state index contributed by atoms with van der Waals surface area (Å²) in [6, 6.07) is 1.87. The Morgan fingerprint density at radius 2 is 1.83 bits per heavy atom. The molecule has 0 aliphatic heterocycles. The fraction of sp³-hybridized carbons (Fsp3) is 0. The first-order valence-corrected chi connectivity index (χ1v) is 5.39. The zero-order valence-electron chi connectivity index (χ0n) is 9.43. The first kappa shape index (κ1) is 10.4. The van der Waals surface area contributed by atoms with Crippen LogP contribution in [0.3, 0.4) is 0 Å². The molecule has 0 fully saturated rings. The minimum atomic E-state index is 0.887. The van der Waals surface area contributed by atoms with Gasteiger partial charge in [-0.1, -0.05) is 0 Å². The normalized spacial score (nSPS) is 10.2. The fourth-order valence-corrected chi connectivity index (χ4v) is 1.55. The molecule has 0 bridgehead atoms. The number of aromatic amines is 1. The molecule has 0 amide bonds. The number of H-pyrrole nitrogens is 1. The average molecular weight is 238 g/mol. The van der Waals surface area contributed by atoms with Gasteiger partial charge in [-0.25, -0.2) is 9.97 Å². The van der Waals surface area contributed by atoms with Crippen molar-refractivity contribution in [3.63, 3.8) is 0 Å². The smallest absolute Gasteiger partial charge is 0.155 e. The Balaban J connectivity index is 0.000000111. The summed E-state index contributed by atoms with van der Waals surface area (Å²) in [6.45, 7) is 0. The van der Waals surface area contributed by atoms with Gasteiger partial charge in [-0.05, 0) is 6.07 Å². The van der Waals surface area contributed by atoms with Crippen molar-refractivity contribution in [1.82, 2.24) is 29.3 Å². The Kier molecular flexibility index (Phi) is 2.67. The lowest BCUT2D eigenvalue weighted by Crippen LogP contribution is -1.81. The van der Waals surface area contributed by atoms with Crippen molar-refractivity contribution >= 4 is 16.7 Å². The molecule has 0 aliphatic rings. The van der Waals surface area contributed by atoms with E-state index >= 15 is 0 Å². The van der Waals surface area contributed by atoms with Crippen molar-refractivity contribution in [2.75, 3.05) is 0 Å². The second-order valence-corrected chi connectivity index (χ2v) is 3.56. The van der Waals surface area contributed by atoms with E-state index in [2.05, 4.69) is 24.9 Å². The quantitative estimate of drug-likeness (QED) is 0.506. The van der Waals surface area contributed by atoms with Gasteiger partial charge >= 0.3 is 0 Å². The molecule has 0 aromatic carbocycles. The van der Waals surface area contributed by atoms with Gasteiger partial charge in [0.25, 0.3) is 0 Å². The molecule has 1 N–H and O–H groups in total. The van der Waals surface area contributed by atoms with E-state index in [4.69, 9.17) is 0 Å². The van der Waals surface area contributed by atoms with Crippen molar-refractivity contribution in [1.29, 1.82) is 0 Å². The van der Waals surface area contributed by atoms with Gasteiger partial charge in [0.05, 0.1) is 29.8 Å². The number of nitrogens with zero attached hydrogens (tertiary/aromatic N) is 5. The van der Waals surface area contributed by atoms with E-state index in [0.717, 1.165) is 16.7 Å². The minimum Gasteiger partial charge on any atom is -0.343 e. The number of fused-ring (bicyclic) bond motifs is 2. The summed E-state index contributed by atoms with van der Waals surface area (Å²) in [7, 11) is 0. The van der Waals surface area contributed by atoms with Crippen LogP contribution in [0.15, 0.2) is 55.8 Å². The molecule has 0 radical (unpaired) electrons. The Morgan fingerprint density at radius 3 is 2.72 bits per heavy atom. The van der Waals surface area contributed by atoms with Gasteiger partial charge in [0, 0.05) is 31.0 Å². The molecule has 4 aromatic heterocycles. The molecule has 0 atom stereocenters. The molecule has 0 aliphatic carbocycles. The lowest BCUT2D eigenvalue weighted by molar-refractivity contribution is 1.13. The lowest BCUT2D eigenvalue weighted by atomic mass is 10.4. The van der Waals surface area contributed by atoms with Gasteiger partial charge in [-0.3, -0.25) is 9.97 Å². The highest BCUT2D eigenvalue weighted by Gasteiger charge is 1.89. The standard InChI is InChI=1S/2C6H5N3/c1-3-9-4-2-8-6(9)5-7-1;1-2-7-3-6-5(1)8-4-9-6/h1-5H;1-4H,(H,8,9). The molecule has 0 saturated heterocycles. The summed E-state index contributed by atoms with van der Waals surface area (Å²) in [4.78, 5) is 18.8. The zero-order chi connectivity index (χ0) is 12.2. The van der Waals surface area contributed by atoms with Crippen molar-refractivity contribution in [3.05, 3.63) is 55.8 Å². The molecule has 88 valence electrons. The maximum Gasteiger partial charge on any atom is 0.155 e. The van der Waals surface area contributed by atoms with Crippen molar-refractivity contribution in [2.45, 2.75) is 0 Å². The molecule has 0 unspecified atom stereocenters. The molecular weight excluding hydrogens is 228 g/mol. The fourth-order valence-electron chi connectivity index (χ4n) is 1.55. The highest BCUT2D eigenvalue weighted by Crippen LogP contribution is 2.03. The highest BCUT2D eigenvalue weighted by atomic mass is 15.0. The van der Waals surface area contributed by atoms with Crippen molar-refractivity contribution < 1.29 is 0 Å². The monoisotopic (exact) mass is 238 g/mol. The predicted molar refractivity (Wildman–Crippen MR) is 66.9 cm³/mol. The first-order chi connectivity index (χ1) is 8.93. The number of pyridine rings is 1. The SMILES string of the molecule is c1cc2nc[nH]c2cn1.c1cn2ccnc2cn1. The van der Waals surface area contributed by atoms with Crippen LogP contribution in [0.25, 0.3) is 16.7 Å². The van der Waals surface area contributed by atoms with E-state index in [1.54, 1.807) is 37.3 Å². The number of rotatable bonds is 0. The van der Waals surface area contributed by atoms with Crippen LogP contribution in [0.1, 0.15) is 0 Å². The number of hydrogen-bond donors (Lipinski definition) is 1. The lowest BCUT2D eigenvalue weighted by Gasteiger charge is -1.86. The topological polar surface area (TPSA) is 71.8 Å². The van der Waals surface area contributed by atoms with Crippen molar-refractivity contribution in [3.8, 4) is 0 Å². The third-order valence-corrected chi connectivity index (χ3v) is 2.42. The molecular formula is C12H10N6. The Morgan fingerprint density at radius 1 is 0.944 bits per heavy atom. The Hall–Kier alpha value is -2.76. The maximum atomic E-state index is 4.02. The van der Waals surface area contributed by atoms with Crippen LogP contribution >= 0.6 is 0 Å². The Labute approximate surface area is 102 Å². The summed E-state index contributed by atoms with van der Waals surface area (Å²) in [6.07, 6.45) is 14.1. The molecule has 0 spiro atoms. The van der Waals surface area contributed by atoms with Gasteiger partial charge in [-0.2, -0.15) is 0 Å². The van der Waals surface area contributed by atoms with Gasteiger partial charge in [0.2, 0.25) is 0 Å². The third kappa shape index (κ3) is 2.03. The van der Waals surface area contributed by atoms with E-state index in [-0.39, 0.29) is 0 Å². The maximum absolute atomic E-state index is 4.02. The second-order valence-electron chi connectivity index (χ2n) is 3.56. The Bertz CT molecular complexity index is 631. The van der Waals surface area contributed by atoms with Gasteiger partial charge in [-0.15, -0.1) is 0 Å². The number of imidazole rings is 2. The van der Waals surface area contributed by atoms with E-state index < -0.39 is 0 Å². The summed E-state index contributed by atoms with van der Waals surface area (Å²) in [5.74, 6) is 0. The van der Waals surface area contributed by atoms with Crippen LogP contribution < -0.4 is 0 Å². The van der Waals surface area contributed by atoms with E-state index in [0.29, 0.717) is 0 Å². The van der Waals surface area contributed by atoms with Crippen LogP contribution in [0.5, 0.6) is 0 Å². The average Bonchev–Trinajstić information content (AvgIpc) is 3.08. The number of nitrogens with one attached hydrogen (secondary N) is 1. The van der Waals surface area contributed by atoms with E-state index in [1.807, 2.05) is 22.9 Å². The molecule has 4 heterocycles. The minimum absolute atomic E-state index is 0.887. The summed E-state index contributed by atoms with van der Waals surface area (Å²) < 4.78 is 1.91. The molecule has 0 saturated carbocycles. The highest BCUT2D eigenvalue weighted by molar-refractivity contribution is 5.72. The molecule has 4 rings (SSSR count). The third-order valence-electron chi connectivity index (χ3n) is 2.42. The van der Waals surface area contributed by atoms with Gasteiger partial charge in [0.1, 0.15) is 0 Å². The molecule has 6 heteroatoms. The summed E-state index contributed by atoms with van der Waals surface area (Å²) in [5.41, 5.74) is 2.83. The van der Waals surface area contributed by atoms with Crippen LogP contribution in [0.2, 0.25) is 0 Å². The van der Waals surface area contributed by atoms with Crippen LogP contribution in [0, 0.1) is 0 Å². The molecule has 18 heavy (non-hydrogen) atoms. The van der Waals surface area contributed by atoms with Gasteiger partial charge < -0.3 is 9.38 Å². The van der Waals surface area contributed by atoms with Crippen LogP contribution in [-0.4, -0.2) is 29.3 Å². The number of aromatic nitrogens is 6. The number of hydrogen-bond acceptors (Lipinski definition) is 4.